The SMILES string of the molecule is CC(C)C(CN)C(F)c1cccc(OC2CC2)c1. The van der Waals surface area contributed by atoms with Gasteiger partial charge in [-0.15, -0.1) is 0 Å². The van der Waals surface area contributed by atoms with Crippen molar-refractivity contribution in [3.05, 3.63) is 29.8 Å². The van der Waals surface area contributed by atoms with E-state index in [0.29, 0.717) is 18.2 Å². The van der Waals surface area contributed by atoms with E-state index in [2.05, 4.69) is 0 Å². The van der Waals surface area contributed by atoms with Gasteiger partial charge in [0.15, 0.2) is 0 Å². The highest BCUT2D eigenvalue weighted by atomic mass is 19.1. The molecule has 1 aliphatic rings. The molecule has 0 amide bonds. The summed E-state index contributed by atoms with van der Waals surface area (Å²) in [5.74, 6) is 0.872. The van der Waals surface area contributed by atoms with Gasteiger partial charge in [-0.3, -0.25) is 0 Å². The van der Waals surface area contributed by atoms with Crippen LogP contribution in [0.5, 0.6) is 5.75 Å². The zero-order valence-electron chi connectivity index (χ0n) is 11.1. The first-order valence-electron chi connectivity index (χ1n) is 6.72. The molecule has 1 saturated carbocycles. The minimum Gasteiger partial charge on any atom is -0.490 e. The molecule has 0 saturated heterocycles. The summed E-state index contributed by atoms with van der Waals surface area (Å²) in [4.78, 5) is 0. The third-order valence-electron chi connectivity index (χ3n) is 3.51. The van der Waals surface area contributed by atoms with Crippen LogP contribution >= 0.6 is 0 Å². The maximum Gasteiger partial charge on any atom is 0.129 e. The van der Waals surface area contributed by atoms with Crippen molar-refractivity contribution in [2.75, 3.05) is 6.54 Å². The Morgan fingerprint density at radius 1 is 1.39 bits per heavy atom. The van der Waals surface area contributed by atoms with E-state index < -0.39 is 6.17 Å². The van der Waals surface area contributed by atoms with Crippen LogP contribution in [0.4, 0.5) is 4.39 Å². The van der Waals surface area contributed by atoms with Crippen LogP contribution in [0.25, 0.3) is 0 Å². The fraction of sp³-hybridized carbons (Fsp3) is 0.600. The number of ether oxygens (including phenoxy) is 1. The van der Waals surface area contributed by atoms with Crippen molar-refractivity contribution in [2.45, 2.75) is 39.0 Å². The average molecular weight is 251 g/mol. The molecule has 3 heteroatoms. The summed E-state index contributed by atoms with van der Waals surface area (Å²) in [7, 11) is 0. The third-order valence-corrected chi connectivity index (χ3v) is 3.51. The number of hydrogen-bond acceptors (Lipinski definition) is 2. The van der Waals surface area contributed by atoms with E-state index in [1.54, 1.807) is 0 Å². The number of halogens is 1. The van der Waals surface area contributed by atoms with E-state index in [4.69, 9.17) is 10.5 Å². The van der Waals surface area contributed by atoms with Crippen LogP contribution in [0.1, 0.15) is 38.4 Å². The van der Waals surface area contributed by atoms with Crippen LogP contribution in [0.15, 0.2) is 24.3 Å². The zero-order valence-corrected chi connectivity index (χ0v) is 11.1. The molecule has 0 spiro atoms. The molecule has 0 aromatic heterocycles. The van der Waals surface area contributed by atoms with E-state index >= 15 is 0 Å². The van der Waals surface area contributed by atoms with Crippen molar-refractivity contribution < 1.29 is 9.13 Å². The lowest BCUT2D eigenvalue weighted by molar-refractivity contribution is 0.188. The topological polar surface area (TPSA) is 35.2 Å². The maximum absolute atomic E-state index is 14.4. The molecule has 2 nitrogen and oxygen atoms in total. The molecule has 2 atom stereocenters. The molecular formula is C15H22FNO. The van der Waals surface area contributed by atoms with Crippen molar-refractivity contribution >= 4 is 0 Å². The smallest absolute Gasteiger partial charge is 0.129 e. The van der Waals surface area contributed by atoms with E-state index in [-0.39, 0.29) is 11.8 Å². The average Bonchev–Trinajstić information content (AvgIpc) is 3.13. The molecule has 1 fully saturated rings. The third kappa shape index (κ3) is 3.22. The predicted octanol–water partition coefficient (Wildman–Crippen LogP) is 3.47. The van der Waals surface area contributed by atoms with Crippen LogP contribution in [0, 0.1) is 11.8 Å². The van der Waals surface area contributed by atoms with Gasteiger partial charge in [0.05, 0.1) is 6.10 Å². The van der Waals surface area contributed by atoms with Gasteiger partial charge >= 0.3 is 0 Å². The fourth-order valence-electron chi connectivity index (χ4n) is 2.11. The zero-order chi connectivity index (χ0) is 13.1. The Kier molecular flexibility index (Phi) is 4.23. The van der Waals surface area contributed by atoms with Gasteiger partial charge in [0, 0.05) is 5.92 Å². The van der Waals surface area contributed by atoms with Gasteiger partial charge in [0.2, 0.25) is 0 Å². The lowest BCUT2D eigenvalue weighted by atomic mass is 9.87. The van der Waals surface area contributed by atoms with Crippen molar-refractivity contribution in [2.24, 2.45) is 17.6 Å². The molecule has 2 N–H and O–H groups in total. The summed E-state index contributed by atoms with van der Waals surface area (Å²) in [6.45, 7) is 4.38. The van der Waals surface area contributed by atoms with Gasteiger partial charge in [-0.2, -0.15) is 0 Å². The monoisotopic (exact) mass is 251 g/mol. The first-order chi connectivity index (χ1) is 8.61. The Morgan fingerprint density at radius 2 is 2.11 bits per heavy atom. The maximum atomic E-state index is 14.4. The number of alkyl halides is 1. The Bertz CT molecular complexity index is 390. The second-order valence-corrected chi connectivity index (χ2v) is 5.44. The van der Waals surface area contributed by atoms with Gasteiger partial charge < -0.3 is 10.5 Å². The molecule has 2 unspecified atom stereocenters. The van der Waals surface area contributed by atoms with Gasteiger partial charge in [-0.05, 0) is 43.0 Å². The summed E-state index contributed by atoms with van der Waals surface area (Å²) in [6.07, 6.45) is 1.55. The number of hydrogen-bond donors (Lipinski definition) is 1. The highest BCUT2D eigenvalue weighted by Gasteiger charge is 2.26. The summed E-state index contributed by atoms with van der Waals surface area (Å²) in [5.41, 5.74) is 6.35. The van der Waals surface area contributed by atoms with Crippen LogP contribution < -0.4 is 10.5 Å². The lowest BCUT2D eigenvalue weighted by Gasteiger charge is -2.23. The second kappa shape index (κ2) is 5.70. The molecule has 18 heavy (non-hydrogen) atoms. The van der Waals surface area contributed by atoms with Crippen molar-refractivity contribution in [1.82, 2.24) is 0 Å². The van der Waals surface area contributed by atoms with Crippen LogP contribution in [-0.4, -0.2) is 12.6 Å². The molecule has 0 bridgehead atoms. The minimum atomic E-state index is -1.02. The Morgan fingerprint density at radius 3 is 2.67 bits per heavy atom. The minimum absolute atomic E-state index is 0.138. The first-order valence-corrected chi connectivity index (χ1v) is 6.72. The molecule has 2 rings (SSSR count). The molecular weight excluding hydrogens is 229 g/mol. The standard InChI is InChI=1S/C15H22FNO/c1-10(2)14(9-17)15(16)11-4-3-5-13(8-11)18-12-6-7-12/h3-5,8,10,12,14-15H,6-7,9,17H2,1-2H3. The fourth-order valence-corrected chi connectivity index (χ4v) is 2.11. The first kappa shape index (κ1) is 13.3. The lowest BCUT2D eigenvalue weighted by Crippen LogP contribution is -2.24. The van der Waals surface area contributed by atoms with Gasteiger partial charge in [-0.1, -0.05) is 26.0 Å². The molecule has 100 valence electrons. The predicted molar refractivity (Wildman–Crippen MR) is 71.3 cm³/mol. The quantitative estimate of drug-likeness (QED) is 0.840. The highest BCUT2D eigenvalue weighted by molar-refractivity contribution is 5.30. The summed E-state index contributed by atoms with van der Waals surface area (Å²) in [6, 6.07) is 7.37. The molecule has 1 aromatic rings. The van der Waals surface area contributed by atoms with Crippen molar-refractivity contribution in [3.8, 4) is 5.75 Å². The van der Waals surface area contributed by atoms with Gasteiger partial charge in [-0.25, -0.2) is 4.39 Å². The molecule has 1 aromatic carbocycles. The Labute approximate surface area is 108 Å². The molecule has 0 aliphatic heterocycles. The summed E-state index contributed by atoms with van der Waals surface area (Å²) < 4.78 is 20.1. The van der Waals surface area contributed by atoms with Crippen LogP contribution in [-0.2, 0) is 0 Å². The van der Waals surface area contributed by atoms with E-state index in [1.165, 1.54) is 0 Å². The van der Waals surface area contributed by atoms with E-state index in [9.17, 15) is 4.39 Å². The van der Waals surface area contributed by atoms with Crippen LogP contribution in [0.3, 0.4) is 0 Å². The number of benzene rings is 1. The highest BCUT2D eigenvalue weighted by Crippen LogP contribution is 2.34. The normalized spacial score (nSPS) is 18.7. The summed E-state index contributed by atoms with van der Waals surface area (Å²) >= 11 is 0. The van der Waals surface area contributed by atoms with Crippen molar-refractivity contribution in [1.29, 1.82) is 0 Å². The molecule has 0 heterocycles. The van der Waals surface area contributed by atoms with Crippen molar-refractivity contribution in [3.63, 3.8) is 0 Å². The largest absolute Gasteiger partial charge is 0.490 e. The van der Waals surface area contributed by atoms with Gasteiger partial charge in [0.25, 0.3) is 0 Å². The Hall–Kier alpha value is -1.09. The number of rotatable bonds is 6. The van der Waals surface area contributed by atoms with Gasteiger partial charge in [0.1, 0.15) is 11.9 Å². The van der Waals surface area contributed by atoms with E-state index in [0.717, 1.165) is 18.6 Å². The summed E-state index contributed by atoms with van der Waals surface area (Å²) in [5, 5.41) is 0. The van der Waals surface area contributed by atoms with E-state index in [1.807, 2.05) is 38.1 Å². The second-order valence-electron chi connectivity index (χ2n) is 5.44. The molecule has 1 aliphatic carbocycles. The van der Waals surface area contributed by atoms with Crippen LogP contribution in [0.2, 0.25) is 0 Å². The molecule has 0 radical (unpaired) electrons. The number of nitrogens with two attached hydrogens (primary N) is 1. The Balaban J connectivity index is 2.10.